The lowest BCUT2D eigenvalue weighted by Crippen LogP contribution is -2.49. The fourth-order valence-corrected chi connectivity index (χ4v) is 6.25. The third-order valence-electron chi connectivity index (χ3n) is 7.05. The zero-order chi connectivity index (χ0) is 26.3. The van der Waals surface area contributed by atoms with Gasteiger partial charge in [-0.25, -0.2) is 22.8 Å². The number of piperidine rings is 1. The van der Waals surface area contributed by atoms with Gasteiger partial charge in [-0.15, -0.1) is 0 Å². The summed E-state index contributed by atoms with van der Waals surface area (Å²) in [5, 5.41) is 15.3. The van der Waals surface area contributed by atoms with Crippen LogP contribution in [0.5, 0.6) is 0 Å². The van der Waals surface area contributed by atoms with Gasteiger partial charge in [-0.2, -0.15) is 4.98 Å². The van der Waals surface area contributed by atoms with Gasteiger partial charge in [0.25, 0.3) is 0 Å². The molecule has 37 heavy (non-hydrogen) atoms. The molecule has 2 saturated heterocycles. The van der Waals surface area contributed by atoms with Crippen molar-refractivity contribution < 1.29 is 17.9 Å². The topological polar surface area (TPSA) is 112 Å². The van der Waals surface area contributed by atoms with E-state index in [0.29, 0.717) is 43.1 Å². The molecule has 0 bridgehead atoms. The lowest BCUT2D eigenvalue weighted by molar-refractivity contribution is 0.0640. The monoisotopic (exact) mass is 528 g/mol. The Morgan fingerprint density at radius 3 is 2.59 bits per heavy atom. The molecule has 1 aromatic carbocycles. The van der Waals surface area contributed by atoms with E-state index < -0.39 is 22.1 Å². The third-order valence-corrected chi connectivity index (χ3v) is 8.13. The molecule has 3 aromatic rings. The summed E-state index contributed by atoms with van der Waals surface area (Å²) >= 11 is 0. The number of hydrogen-bond donors (Lipinski definition) is 2. The van der Waals surface area contributed by atoms with Crippen molar-refractivity contribution in [3.8, 4) is 0 Å². The standard InChI is InChI=1S/C26H33FN6O3S/c1-16(2)18-4-5-22(33-12-17(13-33)15-37(3,35)36)20-11-29-25(10-19(18)20)30-24-6-8-28-26(31-24)32-9-7-21(27)23(34)14-32/h4-6,8,10-11,16-17,21,23,34H,7,9,12-15H2,1-3H3,(H,28,29,30,31)/t21-,23-/m1/s1. The highest BCUT2D eigenvalue weighted by Crippen LogP contribution is 2.37. The molecule has 0 aliphatic carbocycles. The maximum atomic E-state index is 13.7. The van der Waals surface area contributed by atoms with E-state index in [1.165, 1.54) is 11.8 Å². The molecule has 2 aliphatic heterocycles. The smallest absolute Gasteiger partial charge is 0.227 e. The fraction of sp³-hybridized carbons (Fsp3) is 0.500. The summed E-state index contributed by atoms with van der Waals surface area (Å²) in [6.07, 6.45) is 2.74. The number of aliphatic hydroxyl groups excluding tert-OH is 1. The Labute approximate surface area is 216 Å². The van der Waals surface area contributed by atoms with Gasteiger partial charge in [0.05, 0.1) is 5.75 Å². The Kier molecular flexibility index (Phi) is 6.93. The van der Waals surface area contributed by atoms with Gasteiger partial charge in [-0.05, 0) is 41.5 Å². The molecule has 11 heteroatoms. The van der Waals surface area contributed by atoms with E-state index in [2.05, 4.69) is 51.1 Å². The lowest BCUT2D eigenvalue weighted by atomic mass is 9.93. The van der Waals surface area contributed by atoms with Gasteiger partial charge >= 0.3 is 0 Å². The van der Waals surface area contributed by atoms with Crippen LogP contribution in [0, 0.1) is 5.92 Å². The molecular formula is C26H33FN6O3S. The van der Waals surface area contributed by atoms with E-state index >= 15 is 0 Å². The predicted octanol–water partition coefficient (Wildman–Crippen LogP) is 3.28. The van der Waals surface area contributed by atoms with Crippen molar-refractivity contribution in [2.45, 2.75) is 38.5 Å². The van der Waals surface area contributed by atoms with Gasteiger partial charge in [-0.3, -0.25) is 0 Å². The van der Waals surface area contributed by atoms with Crippen LogP contribution in [0.3, 0.4) is 0 Å². The molecule has 0 unspecified atom stereocenters. The zero-order valence-corrected chi connectivity index (χ0v) is 22.1. The summed E-state index contributed by atoms with van der Waals surface area (Å²) in [6.45, 7) is 6.32. The number of nitrogens with zero attached hydrogens (tertiary/aromatic N) is 5. The summed E-state index contributed by atoms with van der Waals surface area (Å²) < 4.78 is 37.0. The highest BCUT2D eigenvalue weighted by molar-refractivity contribution is 7.90. The van der Waals surface area contributed by atoms with Crippen LogP contribution in [0.4, 0.5) is 27.7 Å². The Balaban J connectivity index is 1.39. The fourth-order valence-electron chi connectivity index (χ4n) is 5.18. The molecule has 198 valence electrons. The molecule has 0 radical (unpaired) electrons. The molecule has 2 N–H and O–H groups in total. The number of benzene rings is 1. The van der Waals surface area contributed by atoms with Crippen LogP contribution in [-0.2, 0) is 9.84 Å². The van der Waals surface area contributed by atoms with Gasteiger partial charge in [0.15, 0.2) is 0 Å². The second kappa shape index (κ2) is 10.0. The number of halogens is 1. The van der Waals surface area contributed by atoms with Crippen LogP contribution in [-0.4, -0.2) is 78.9 Å². The van der Waals surface area contributed by atoms with Gasteiger partial charge in [0, 0.05) is 61.8 Å². The number of aliphatic hydroxyl groups is 1. The molecule has 9 nitrogen and oxygen atoms in total. The van der Waals surface area contributed by atoms with Crippen LogP contribution in [0.25, 0.3) is 10.8 Å². The van der Waals surface area contributed by atoms with Crippen LogP contribution in [0.1, 0.15) is 31.7 Å². The van der Waals surface area contributed by atoms with Crippen LogP contribution in [0.15, 0.2) is 36.7 Å². The second-order valence-electron chi connectivity index (χ2n) is 10.5. The molecule has 2 atom stereocenters. The van der Waals surface area contributed by atoms with E-state index in [9.17, 15) is 17.9 Å². The largest absolute Gasteiger partial charge is 0.388 e. The first-order chi connectivity index (χ1) is 17.6. The number of aromatic nitrogens is 3. The summed E-state index contributed by atoms with van der Waals surface area (Å²) in [6, 6.07) is 8.00. The van der Waals surface area contributed by atoms with Crippen molar-refractivity contribution in [2.75, 3.05) is 53.3 Å². The first kappa shape index (κ1) is 25.6. The highest BCUT2D eigenvalue weighted by atomic mass is 32.2. The zero-order valence-electron chi connectivity index (χ0n) is 21.3. The van der Waals surface area contributed by atoms with Crippen molar-refractivity contribution >= 4 is 43.9 Å². The van der Waals surface area contributed by atoms with Gasteiger partial charge in [-0.1, -0.05) is 19.9 Å². The number of fused-ring (bicyclic) bond motifs is 1. The maximum absolute atomic E-state index is 13.7. The minimum Gasteiger partial charge on any atom is -0.388 e. The first-order valence-electron chi connectivity index (χ1n) is 12.6. The van der Waals surface area contributed by atoms with Gasteiger partial charge in [0.2, 0.25) is 5.95 Å². The molecule has 5 rings (SSSR count). The second-order valence-corrected chi connectivity index (χ2v) is 12.7. The molecule has 0 amide bonds. The Hall–Kier alpha value is -3.05. The average molecular weight is 529 g/mol. The molecule has 4 heterocycles. The summed E-state index contributed by atoms with van der Waals surface area (Å²) in [5.41, 5.74) is 2.26. The number of pyridine rings is 1. The van der Waals surface area contributed by atoms with E-state index in [0.717, 1.165) is 16.5 Å². The van der Waals surface area contributed by atoms with Crippen LogP contribution < -0.4 is 15.1 Å². The first-order valence-corrected chi connectivity index (χ1v) is 14.7. The number of rotatable bonds is 7. The van der Waals surface area contributed by atoms with E-state index in [-0.39, 0.29) is 24.6 Å². The number of anilines is 4. The van der Waals surface area contributed by atoms with Crippen molar-refractivity contribution in [1.29, 1.82) is 0 Å². The summed E-state index contributed by atoms with van der Waals surface area (Å²) in [4.78, 5) is 17.5. The average Bonchev–Trinajstić information content (AvgIpc) is 2.82. The minimum absolute atomic E-state index is 0.146. The van der Waals surface area contributed by atoms with E-state index in [4.69, 9.17) is 0 Å². The normalized spacial score (nSPS) is 20.9. The summed E-state index contributed by atoms with van der Waals surface area (Å²) in [5.74, 6) is 2.29. The van der Waals surface area contributed by atoms with Gasteiger partial charge < -0.3 is 20.2 Å². The SMILES string of the molecule is CC(C)c1ccc(N2CC(CS(C)(=O)=O)C2)c2cnc(Nc3ccnc(N4CC[C@@H](F)[C@H](O)C4)n3)cc12. The van der Waals surface area contributed by atoms with Crippen LogP contribution in [0.2, 0.25) is 0 Å². The lowest BCUT2D eigenvalue weighted by Gasteiger charge is -2.41. The van der Waals surface area contributed by atoms with Gasteiger partial charge in [0.1, 0.15) is 33.7 Å². The third kappa shape index (κ3) is 5.62. The maximum Gasteiger partial charge on any atom is 0.227 e. The predicted molar refractivity (Wildman–Crippen MR) is 144 cm³/mol. The molecule has 2 aliphatic rings. The number of β-amino-alcohol motifs (C(OH)–C–C–N with tert-alkyl or cyclic N) is 1. The number of hydrogen-bond acceptors (Lipinski definition) is 9. The molecule has 2 aromatic heterocycles. The Morgan fingerprint density at radius 2 is 1.89 bits per heavy atom. The molecule has 0 saturated carbocycles. The van der Waals surface area contributed by atoms with Crippen molar-refractivity contribution in [3.63, 3.8) is 0 Å². The highest BCUT2D eigenvalue weighted by Gasteiger charge is 2.31. The number of sulfone groups is 1. The number of alkyl halides is 1. The Morgan fingerprint density at radius 1 is 1.11 bits per heavy atom. The quantitative estimate of drug-likeness (QED) is 0.477. The van der Waals surface area contributed by atoms with Crippen molar-refractivity contribution in [3.05, 3.63) is 42.2 Å². The number of nitrogens with one attached hydrogen (secondary N) is 1. The van der Waals surface area contributed by atoms with Crippen molar-refractivity contribution in [1.82, 2.24) is 15.0 Å². The van der Waals surface area contributed by atoms with E-state index in [1.807, 2.05) is 12.3 Å². The molecular weight excluding hydrogens is 495 g/mol. The Bertz CT molecular complexity index is 1400. The van der Waals surface area contributed by atoms with E-state index in [1.54, 1.807) is 17.2 Å². The van der Waals surface area contributed by atoms with Crippen molar-refractivity contribution in [2.24, 2.45) is 5.92 Å². The molecule has 0 spiro atoms. The molecule has 2 fully saturated rings. The summed E-state index contributed by atoms with van der Waals surface area (Å²) in [7, 11) is -2.99. The van der Waals surface area contributed by atoms with Crippen LogP contribution >= 0.6 is 0 Å². The minimum atomic E-state index is -2.99.